The van der Waals surface area contributed by atoms with Gasteiger partial charge in [-0.25, -0.2) is 0 Å². The van der Waals surface area contributed by atoms with Crippen LogP contribution in [0.1, 0.15) is 39.2 Å². The van der Waals surface area contributed by atoms with Gasteiger partial charge in [-0.1, -0.05) is 13.8 Å². The molecule has 1 saturated heterocycles. The predicted octanol–water partition coefficient (Wildman–Crippen LogP) is 3.02. The Hall–Kier alpha value is -1.55. The van der Waals surface area contributed by atoms with Gasteiger partial charge in [-0.05, 0) is 62.9 Å². The quantitative estimate of drug-likeness (QED) is 0.838. The van der Waals surface area contributed by atoms with E-state index in [9.17, 15) is 4.79 Å². The molecule has 2 unspecified atom stereocenters. The second kappa shape index (κ2) is 6.48. The summed E-state index contributed by atoms with van der Waals surface area (Å²) in [4.78, 5) is 14.9. The van der Waals surface area contributed by atoms with E-state index in [1.54, 1.807) is 0 Å². The van der Waals surface area contributed by atoms with Crippen molar-refractivity contribution in [3.05, 3.63) is 23.8 Å². The molecule has 3 N–H and O–H groups in total. The number of rotatable bonds is 4. The summed E-state index contributed by atoms with van der Waals surface area (Å²) in [5, 5.41) is 3.04. The molecule has 21 heavy (non-hydrogen) atoms. The van der Waals surface area contributed by atoms with Gasteiger partial charge in [0.05, 0.1) is 6.04 Å². The van der Waals surface area contributed by atoms with Crippen molar-refractivity contribution in [1.29, 1.82) is 0 Å². The van der Waals surface area contributed by atoms with Gasteiger partial charge in [-0.2, -0.15) is 0 Å². The van der Waals surface area contributed by atoms with Crippen LogP contribution in [0.5, 0.6) is 0 Å². The highest BCUT2D eigenvalue weighted by Crippen LogP contribution is 2.26. The summed E-state index contributed by atoms with van der Waals surface area (Å²) in [7, 11) is 0. The number of likely N-dealkylation sites (tertiary alicyclic amines) is 1. The molecule has 0 aliphatic carbocycles. The summed E-state index contributed by atoms with van der Waals surface area (Å²) in [5.74, 6) is 0.649. The van der Waals surface area contributed by atoms with Crippen molar-refractivity contribution >= 4 is 17.3 Å². The number of carbonyl (C=O) groups excluding carboxylic acids is 1. The minimum atomic E-state index is -0.100. The summed E-state index contributed by atoms with van der Waals surface area (Å²) in [6.07, 6.45) is 2.37. The largest absolute Gasteiger partial charge is 0.399 e. The third-order valence-corrected chi connectivity index (χ3v) is 4.50. The van der Waals surface area contributed by atoms with Gasteiger partial charge in [0, 0.05) is 17.4 Å². The standard InChI is InChI=1S/C17H27N3O/c1-11(2)16-6-5-9-20(16)13(4)17(21)19-15-8-7-14(18)10-12(15)3/h7-8,10-11,13,16H,5-6,9,18H2,1-4H3,(H,19,21). The topological polar surface area (TPSA) is 58.4 Å². The molecule has 116 valence electrons. The van der Waals surface area contributed by atoms with Crippen LogP contribution in [0.2, 0.25) is 0 Å². The lowest BCUT2D eigenvalue weighted by atomic mass is 10.0. The van der Waals surface area contributed by atoms with Crippen LogP contribution in [0.25, 0.3) is 0 Å². The molecule has 1 amide bonds. The first kappa shape index (κ1) is 15.8. The van der Waals surface area contributed by atoms with Crippen molar-refractivity contribution in [3.8, 4) is 0 Å². The number of nitrogens with two attached hydrogens (primary N) is 1. The molecule has 0 aromatic heterocycles. The number of nitrogen functional groups attached to an aromatic ring is 1. The smallest absolute Gasteiger partial charge is 0.241 e. The van der Waals surface area contributed by atoms with E-state index in [1.165, 1.54) is 12.8 Å². The lowest BCUT2D eigenvalue weighted by Gasteiger charge is -2.32. The molecule has 0 radical (unpaired) electrons. The van der Waals surface area contributed by atoms with Crippen molar-refractivity contribution in [2.45, 2.75) is 52.6 Å². The highest BCUT2D eigenvalue weighted by atomic mass is 16.2. The minimum Gasteiger partial charge on any atom is -0.399 e. The van der Waals surface area contributed by atoms with Gasteiger partial charge in [-0.3, -0.25) is 9.69 Å². The summed E-state index contributed by atoms with van der Waals surface area (Å²) in [6.45, 7) is 9.44. The number of aryl methyl sites for hydroxylation is 1. The van der Waals surface area contributed by atoms with Crippen LogP contribution in [-0.4, -0.2) is 29.4 Å². The summed E-state index contributed by atoms with van der Waals surface area (Å²) < 4.78 is 0. The SMILES string of the molecule is Cc1cc(N)ccc1NC(=O)C(C)N1CCCC1C(C)C. The molecule has 0 bridgehead atoms. The van der Waals surface area contributed by atoms with Crippen molar-refractivity contribution in [3.63, 3.8) is 0 Å². The van der Waals surface area contributed by atoms with Crippen molar-refractivity contribution in [2.75, 3.05) is 17.6 Å². The highest BCUT2D eigenvalue weighted by Gasteiger charge is 2.33. The van der Waals surface area contributed by atoms with E-state index in [2.05, 4.69) is 24.1 Å². The Morgan fingerprint density at radius 2 is 2.10 bits per heavy atom. The van der Waals surface area contributed by atoms with E-state index in [4.69, 9.17) is 5.73 Å². The number of hydrogen-bond donors (Lipinski definition) is 2. The number of anilines is 2. The van der Waals surface area contributed by atoms with Crippen molar-refractivity contribution in [2.24, 2.45) is 5.92 Å². The fraction of sp³-hybridized carbons (Fsp3) is 0.588. The predicted molar refractivity (Wildman–Crippen MR) is 88.2 cm³/mol. The monoisotopic (exact) mass is 289 g/mol. The van der Waals surface area contributed by atoms with E-state index in [0.717, 1.165) is 23.5 Å². The number of amides is 1. The molecular formula is C17H27N3O. The lowest BCUT2D eigenvalue weighted by molar-refractivity contribution is -0.121. The van der Waals surface area contributed by atoms with Gasteiger partial charge in [0.2, 0.25) is 5.91 Å². The zero-order chi connectivity index (χ0) is 15.6. The molecule has 2 rings (SSSR count). The van der Waals surface area contributed by atoms with Crippen LogP contribution >= 0.6 is 0 Å². The number of hydrogen-bond acceptors (Lipinski definition) is 3. The summed E-state index contributed by atoms with van der Waals surface area (Å²) in [6, 6.07) is 5.99. The van der Waals surface area contributed by atoms with Crippen molar-refractivity contribution in [1.82, 2.24) is 4.90 Å². The van der Waals surface area contributed by atoms with Gasteiger partial charge in [0.15, 0.2) is 0 Å². The van der Waals surface area contributed by atoms with Crippen LogP contribution < -0.4 is 11.1 Å². The number of nitrogens with zero attached hydrogens (tertiary/aromatic N) is 1. The molecule has 1 aliphatic rings. The van der Waals surface area contributed by atoms with Gasteiger partial charge < -0.3 is 11.1 Å². The average molecular weight is 289 g/mol. The second-order valence-corrected chi connectivity index (χ2v) is 6.43. The van der Waals surface area contributed by atoms with Crippen LogP contribution in [0.4, 0.5) is 11.4 Å². The van der Waals surface area contributed by atoms with Crippen LogP contribution in [0, 0.1) is 12.8 Å². The third kappa shape index (κ3) is 3.56. The summed E-state index contributed by atoms with van der Waals surface area (Å²) in [5.41, 5.74) is 8.31. The van der Waals surface area contributed by atoms with Gasteiger partial charge in [0.25, 0.3) is 0 Å². The van der Waals surface area contributed by atoms with Gasteiger partial charge >= 0.3 is 0 Å². The highest BCUT2D eigenvalue weighted by molar-refractivity contribution is 5.95. The normalized spacial score (nSPS) is 20.7. The Morgan fingerprint density at radius 1 is 1.38 bits per heavy atom. The first-order valence-electron chi connectivity index (χ1n) is 7.83. The lowest BCUT2D eigenvalue weighted by Crippen LogP contribution is -2.46. The molecule has 2 atom stereocenters. The molecule has 1 aromatic rings. The van der Waals surface area contributed by atoms with E-state index in [-0.39, 0.29) is 11.9 Å². The molecule has 1 heterocycles. The molecule has 4 nitrogen and oxygen atoms in total. The molecule has 0 spiro atoms. The molecule has 1 aromatic carbocycles. The summed E-state index contributed by atoms with van der Waals surface area (Å²) >= 11 is 0. The van der Waals surface area contributed by atoms with Gasteiger partial charge in [0.1, 0.15) is 0 Å². The number of carbonyl (C=O) groups is 1. The Bertz CT molecular complexity index is 513. The van der Waals surface area contributed by atoms with Crippen LogP contribution in [0.3, 0.4) is 0 Å². The molecule has 1 aliphatic heterocycles. The van der Waals surface area contributed by atoms with Crippen molar-refractivity contribution < 1.29 is 4.79 Å². The number of nitrogens with one attached hydrogen (secondary N) is 1. The molecule has 1 fully saturated rings. The zero-order valence-corrected chi connectivity index (χ0v) is 13.5. The molecular weight excluding hydrogens is 262 g/mol. The fourth-order valence-electron chi connectivity index (χ4n) is 3.23. The Balaban J connectivity index is 2.05. The Labute approximate surface area is 127 Å². The average Bonchev–Trinajstić information content (AvgIpc) is 2.90. The van der Waals surface area contributed by atoms with E-state index < -0.39 is 0 Å². The molecule has 0 saturated carbocycles. The van der Waals surface area contributed by atoms with Crippen LogP contribution in [-0.2, 0) is 4.79 Å². The second-order valence-electron chi connectivity index (χ2n) is 6.43. The maximum absolute atomic E-state index is 12.5. The molecule has 4 heteroatoms. The van der Waals surface area contributed by atoms with E-state index in [1.807, 2.05) is 32.0 Å². The minimum absolute atomic E-state index is 0.0652. The first-order chi connectivity index (χ1) is 9.90. The van der Waals surface area contributed by atoms with E-state index >= 15 is 0 Å². The Morgan fingerprint density at radius 3 is 2.71 bits per heavy atom. The fourth-order valence-corrected chi connectivity index (χ4v) is 3.23. The first-order valence-corrected chi connectivity index (χ1v) is 7.83. The van der Waals surface area contributed by atoms with Crippen LogP contribution in [0.15, 0.2) is 18.2 Å². The van der Waals surface area contributed by atoms with E-state index in [0.29, 0.717) is 12.0 Å². The maximum Gasteiger partial charge on any atom is 0.241 e. The zero-order valence-electron chi connectivity index (χ0n) is 13.5. The van der Waals surface area contributed by atoms with Gasteiger partial charge in [-0.15, -0.1) is 0 Å². The Kier molecular flexibility index (Phi) is 4.88. The third-order valence-electron chi connectivity index (χ3n) is 4.50. The maximum atomic E-state index is 12.5. The number of benzene rings is 1.